The summed E-state index contributed by atoms with van der Waals surface area (Å²) in [6.07, 6.45) is 0. The van der Waals surface area contributed by atoms with E-state index >= 15 is 0 Å². The molecule has 4 heteroatoms. The SMILES string of the molecule is O=C(c1ccc(Cl)cc1)c1cc(I)ccc1Cl. The van der Waals surface area contributed by atoms with Gasteiger partial charge in [-0.25, -0.2) is 0 Å². The van der Waals surface area contributed by atoms with Gasteiger partial charge < -0.3 is 0 Å². The van der Waals surface area contributed by atoms with E-state index in [1.807, 2.05) is 6.07 Å². The highest BCUT2D eigenvalue weighted by Crippen LogP contribution is 2.22. The van der Waals surface area contributed by atoms with Crippen molar-refractivity contribution in [3.05, 3.63) is 67.2 Å². The van der Waals surface area contributed by atoms with Gasteiger partial charge in [-0.15, -0.1) is 0 Å². The molecule has 2 rings (SSSR count). The molecule has 0 unspecified atom stereocenters. The van der Waals surface area contributed by atoms with Crippen LogP contribution in [0.2, 0.25) is 10.0 Å². The molecule has 86 valence electrons. The van der Waals surface area contributed by atoms with Crippen LogP contribution < -0.4 is 0 Å². The largest absolute Gasteiger partial charge is 0.289 e. The Balaban J connectivity index is 2.43. The Hall–Kier alpha value is -0.580. The minimum Gasteiger partial charge on any atom is -0.289 e. The number of carbonyl (C=O) groups excluding carboxylic acids is 1. The van der Waals surface area contributed by atoms with E-state index in [-0.39, 0.29) is 5.78 Å². The second-order valence-electron chi connectivity index (χ2n) is 3.46. The van der Waals surface area contributed by atoms with Crippen LogP contribution in [0.1, 0.15) is 15.9 Å². The van der Waals surface area contributed by atoms with Gasteiger partial charge in [0.25, 0.3) is 0 Å². The summed E-state index contributed by atoms with van der Waals surface area (Å²) in [5.41, 5.74) is 1.10. The van der Waals surface area contributed by atoms with Crippen LogP contribution in [0.25, 0.3) is 0 Å². The van der Waals surface area contributed by atoms with E-state index in [0.29, 0.717) is 21.2 Å². The Labute approximate surface area is 123 Å². The van der Waals surface area contributed by atoms with Gasteiger partial charge in [0.05, 0.1) is 5.02 Å². The molecule has 0 atom stereocenters. The number of hydrogen-bond acceptors (Lipinski definition) is 1. The summed E-state index contributed by atoms with van der Waals surface area (Å²) in [6, 6.07) is 12.1. The molecule has 0 aliphatic rings. The Kier molecular flexibility index (Phi) is 4.07. The topological polar surface area (TPSA) is 17.1 Å². The number of halogens is 3. The van der Waals surface area contributed by atoms with E-state index in [4.69, 9.17) is 23.2 Å². The van der Waals surface area contributed by atoms with E-state index in [9.17, 15) is 4.79 Å². The highest BCUT2D eigenvalue weighted by molar-refractivity contribution is 14.1. The molecule has 0 aromatic heterocycles. The number of benzene rings is 2. The monoisotopic (exact) mass is 376 g/mol. The van der Waals surface area contributed by atoms with Gasteiger partial charge in [0.1, 0.15) is 0 Å². The maximum absolute atomic E-state index is 12.2. The molecule has 2 aromatic carbocycles. The Morgan fingerprint density at radius 2 is 1.65 bits per heavy atom. The van der Waals surface area contributed by atoms with Crippen LogP contribution in [0.15, 0.2) is 42.5 Å². The van der Waals surface area contributed by atoms with Gasteiger partial charge in [0.15, 0.2) is 5.78 Å². The summed E-state index contributed by atoms with van der Waals surface area (Å²) < 4.78 is 0.976. The quantitative estimate of drug-likeness (QED) is 0.542. The average Bonchev–Trinajstić information content (AvgIpc) is 2.32. The van der Waals surface area contributed by atoms with E-state index < -0.39 is 0 Å². The molecular weight excluding hydrogens is 370 g/mol. The van der Waals surface area contributed by atoms with Crippen LogP contribution in [-0.4, -0.2) is 5.78 Å². The van der Waals surface area contributed by atoms with Crippen molar-refractivity contribution in [3.63, 3.8) is 0 Å². The van der Waals surface area contributed by atoms with Crippen molar-refractivity contribution in [3.8, 4) is 0 Å². The first-order valence-electron chi connectivity index (χ1n) is 4.83. The summed E-state index contributed by atoms with van der Waals surface area (Å²) in [5.74, 6) is -0.0924. The highest BCUT2D eigenvalue weighted by Gasteiger charge is 2.13. The number of ketones is 1. The lowest BCUT2D eigenvalue weighted by atomic mass is 10.0. The smallest absolute Gasteiger partial charge is 0.194 e. The summed E-state index contributed by atoms with van der Waals surface area (Å²) in [5, 5.41) is 1.07. The maximum atomic E-state index is 12.2. The molecule has 0 saturated carbocycles. The van der Waals surface area contributed by atoms with Gasteiger partial charge in [-0.2, -0.15) is 0 Å². The van der Waals surface area contributed by atoms with Crippen molar-refractivity contribution in [2.45, 2.75) is 0 Å². The summed E-state index contributed by atoms with van der Waals surface area (Å²) in [4.78, 5) is 12.2. The molecule has 0 radical (unpaired) electrons. The van der Waals surface area contributed by atoms with Gasteiger partial charge >= 0.3 is 0 Å². The van der Waals surface area contributed by atoms with E-state index in [1.165, 1.54) is 0 Å². The molecule has 0 spiro atoms. The molecule has 2 aromatic rings. The minimum absolute atomic E-state index is 0.0924. The van der Waals surface area contributed by atoms with Crippen molar-refractivity contribution in [2.75, 3.05) is 0 Å². The lowest BCUT2D eigenvalue weighted by Crippen LogP contribution is -2.02. The Morgan fingerprint density at radius 1 is 1.00 bits per heavy atom. The van der Waals surface area contributed by atoms with Crippen molar-refractivity contribution in [1.82, 2.24) is 0 Å². The molecule has 17 heavy (non-hydrogen) atoms. The van der Waals surface area contributed by atoms with Crippen molar-refractivity contribution in [2.24, 2.45) is 0 Å². The highest BCUT2D eigenvalue weighted by atomic mass is 127. The lowest BCUT2D eigenvalue weighted by molar-refractivity contribution is 0.103. The number of carbonyl (C=O) groups is 1. The molecule has 0 amide bonds. The molecule has 1 nitrogen and oxygen atoms in total. The first kappa shape index (κ1) is 12.9. The molecule has 0 bridgehead atoms. The molecule has 0 fully saturated rings. The minimum atomic E-state index is -0.0924. The lowest BCUT2D eigenvalue weighted by Gasteiger charge is -2.04. The third-order valence-electron chi connectivity index (χ3n) is 2.28. The molecule has 0 aliphatic carbocycles. The fourth-order valence-electron chi connectivity index (χ4n) is 1.43. The van der Waals surface area contributed by atoms with Gasteiger partial charge in [-0.1, -0.05) is 23.2 Å². The summed E-state index contributed by atoms with van der Waals surface area (Å²) in [6.45, 7) is 0. The zero-order valence-electron chi connectivity index (χ0n) is 8.58. The molecular formula is C13H7Cl2IO. The Morgan fingerprint density at radius 3 is 2.29 bits per heavy atom. The average molecular weight is 377 g/mol. The molecule has 0 heterocycles. The Bertz CT molecular complexity index is 564. The van der Waals surface area contributed by atoms with Crippen molar-refractivity contribution in [1.29, 1.82) is 0 Å². The maximum Gasteiger partial charge on any atom is 0.194 e. The van der Waals surface area contributed by atoms with E-state index in [1.54, 1.807) is 36.4 Å². The van der Waals surface area contributed by atoms with Crippen LogP contribution in [0, 0.1) is 3.57 Å². The van der Waals surface area contributed by atoms with E-state index in [2.05, 4.69) is 22.6 Å². The van der Waals surface area contributed by atoms with Gasteiger partial charge in [0.2, 0.25) is 0 Å². The zero-order valence-corrected chi connectivity index (χ0v) is 12.3. The molecule has 0 saturated heterocycles. The van der Waals surface area contributed by atoms with Crippen LogP contribution in [0.4, 0.5) is 0 Å². The summed E-state index contributed by atoms with van der Waals surface area (Å²) >= 11 is 14.0. The second kappa shape index (κ2) is 5.38. The standard InChI is InChI=1S/C13H7Cl2IO/c14-9-3-1-8(2-4-9)13(17)11-7-10(16)5-6-12(11)15/h1-7H. The third-order valence-corrected chi connectivity index (χ3v) is 3.53. The first-order chi connectivity index (χ1) is 8.08. The first-order valence-corrected chi connectivity index (χ1v) is 6.67. The van der Waals surface area contributed by atoms with Crippen LogP contribution in [0.3, 0.4) is 0 Å². The van der Waals surface area contributed by atoms with Crippen molar-refractivity contribution < 1.29 is 4.79 Å². The molecule has 0 N–H and O–H groups in total. The van der Waals surface area contributed by atoms with Gasteiger partial charge in [0, 0.05) is 19.7 Å². The second-order valence-corrected chi connectivity index (χ2v) is 5.55. The zero-order chi connectivity index (χ0) is 12.4. The predicted octanol–water partition coefficient (Wildman–Crippen LogP) is 4.83. The van der Waals surface area contributed by atoms with Gasteiger partial charge in [-0.05, 0) is 65.1 Å². The van der Waals surface area contributed by atoms with E-state index in [0.717, 1.165) is 3.57 Å². The molecule has 0 aliphatic heterocycles. The normalized spacial score (nSPS) is 10.3. The fourth-order valence-corrected chi connectivity index (χ4v) is 2.25. The summed E-state index contributed by atoms with van der Waals surface area (Å²) in [7, 11) is 0. The number of hydrogen-bond donors (Lipinski definition) is 0. The predicted molar refractivity (Wildman–Crippen MR) is 79.1 cm³/mol. The third kappa shape index (κ3) is 3.00. The van der Waals surface area contributed by atoms with Crippen molar-refractivity contribution >= 4 is 51.6 Å². The van der Waals surface area contributed by atoms with Crippen LogP contribution >= 0.6 is 45.8 Å². The number of rotatable bonds is 2. The van der Waals surface area contributed by atoms with Crippen LogP contribution in [-0.2, 0) is 0 Å². The fraction of sp³-hybridized carbons (Fsp3) is 0. The van der Waals surface area contributed by atoms with Gasteiger partial charge in [-0.3, -0.25) is 4.79 Å². The van der Waals surface area contributed by atoms with Crippen LogP contribution in [0.5, 0.6) is 0 Å².